The molecule has 2 heterocycles. The maximum Gasteiger partial charge on any atom is 0.257 e. The molecule has 1 fully saturated rings. The number of carbonyl (C=O) groups excluding carboxylic acids is 2. The normalized spacial score (nSPS) is 18.1. The average molecular weight is 410 g/mol. The van der Waals surface area contributed by atoms with Crippen LogP contribution in [0.2, 0.25) is 0 Å². The number of fused-ring (bicyclic) bond motifs is 1. The molecule has 0 radical (unpaired) electrons. The largest absolute Gasteiger partial charge is 0.497 e. The van der Waals surface area contributed by atoms with Gasteiger partial charge in [0.05, 0.1) is 24.6 Å². The summed E-state index contributed by atoms with van der Waals surface area (Å²) < 4.78 is 16.5. The standard InChI is InChI=1S/C23H26N2O5/c1-25-11-14-30-20-8-5-17(15-19(20)21(25)26)24-22(27)23(9-12-29-13-10-23)16-3-6-18(28-2)7-4-16/h3-8,15H,9-14H2,1-2H3,(H,24,27). The summed E-state index contributed by atoms with van der Waals surface area (Å²) in [6.45, 7) is 2.00. The van der Waals surface area contributed by atoms with Crippen molar-refractivity contribution in [1.29, 1.82) is 0 Å². The predicted octanol–water partition coefficient (Wildman–Crippen LogP) is 2.85. The minimum absolute atomic E-state index is 0.105. The van der Waals surface area contributed by atoms with E-state index in [1.165, 1.54) is 0 Å². The number of nitrogens with one attached hydrogen (secondary N) is 1. The Morgan fingerprint density at radius 1 is 1.10 bits per heavy atom. The summed E-state index contributed by atoms with van der Waals surface area (Å²) in [7, 11) is 3.36. The van der Waals surface area contributed by atoms with Crippen LogP contribution >= 0.6 is 0 Å². The lowest BCUT2D eigenvalue weighted by Crippen LogP contribution is -2.44. The quantitative estimate of drug-likeness (QED) is 0.839. The first-order chi connectivity index (χ1) is 14.5. The summed E-state index contributed by atoms with van der Waals surface area (Å²) in [6, 6.07) is 12.8. The zero-order valence-corrected chi connectivity index (χ0v) is 17.3. The zero-order chi connectivity index (χ0) is 21.1. The molecule has 2 aromatic carbocycles. The van der Waals surface area contributed by atoms with Crippen molar-refractivity contribution in [3.05, 3.63) is 53.6 Å². The summed E-state index contributed by atoms with van der Waals surface area (Å²) in [5, 5.41) is 3.03. The highest BCUT2D eigenvalue weighted by Crippen LogP contribution is 2.37. The van der Waals surface area contributed by atoms with Crippen LogP contribution in [0.3, 0.4) is 0 Å². The van der Waals surface area contributed by atoms with Crippen molar-refractivity contribution >= 4 is 17.5 Å². The number of likely N-dealkylation sites (N-methyl/N-ethyl adjacent to an activating group) is 1. The second-order valence-electron chi connectivity index (χ2n) is 7.66. The Hall–Kier alpha value is -3.06. The Morgan fingerprint density at radius 3 is 2.53 bits per heavy atom. The number of hydrogen-bond donors (Lipinski definition) is 1. The molecule has 0 aliphatic carbocycles. The highest BCUT2D eigenvalue weighted by Gasteiger charge is 2.42. The lowest BCUT2D eigenvalue weighted by atomic mass is 9.73. The third-order valence-corrected chi connectivity index (χ3v) is 5.92. The first-order valence-electron chi connectivity index (χ1n) is 10.1. The van der Waals surface area contributed by atoms with Gasteiger partial charge in [-0.2, -0.15) is 0 Å². The lowest BCUT2D eigenvalue weighted by molar-refractivity contribution is -0.125. The number of amides is 2. The molecule has 4 rings (SSSR count). The molecule has 7 heteroatoms. The van der Waals surface area contributed by atoms with Gasteiger partial charge in [-0.05, 0) is 48.7 Å². The van der Waals surface area contributed by atoms with Crippen LogP contribution in [0.15, 0.2) is 42.5 Å². The maximum atomic E-state index is 13.5. The van der Waals surface area contributed by atoms with Gasteiger partial charge in [0.15, 0.2) is 0 Å². The first-order valence-corrected chi connectivity index (χ1v) is 10.1. The van der Waals surface area contributed by atoms with Crippen molar-refractivity contribution in [1.82, 2.24) is 4.90 Å². The molecule has 2 aliphatic heterocycles. The second-order valence-corrected chi connectivity index (χ2v) is 7.66. The van der Waals surface area contributed by atoms with Gasteiger partial charge >= 0.3 is 0 Å². The van der Waals surface area contributed by atoms with Crippen LogP contribution in [0.1, 0.15) is 28.8 Å². The molecule has 30 heavy (non-hydrogen) atoms. The van der Waals surface area contributed by atoms with Gasteiger partial charge < -0.3 is 24.4 Å². The van der Waals surface area contributed by atoms with Crippen LogP contribution in [-0.4, -0.2) is 57.2 Å². The van der Waals surface area contributed by atoms with E-state index in [1.54, 1.807) is 37.3 Å². The van der Waals surface area contributed by atoms with Crippen molar-refractivity contribution in [3.63, 3.8) is 0 Å². The van der Waals surface area contributed by atoms with Gasteiger partial charge in [0.25, 0.3) is 5.91 Å². The van der Waals surface area contributed by atoms with Gasteiger partial charge in [-0.25, -0.2) is 0 Å². The van der Waals surface area contributed by atoms with Crippen LogP contribution in [0, 0.1) is 0 Å². The lowest BCUT2D eigenvalue weighted by Gasteiger charge is -2.36. The molecule has 1 N–H and O–H groups in total. The molecule has 0 saturated carbocycles. The van der Waals surface area contributed by atoms with Crippen LogP contribution in [-0.2, 0) is 14.9 Å². The highest BCUT2D eigenvalue weighted by atomic mass is 16.5. The third kappa shape index (κ3) is 3.73. The van der Waals surface area contributed by atoms with Gasteiger partial charge in [-0.3, -0.25) is 9.59 Å². The van der Waals surface area contributed by atoms with Gasteiger partial charge in [0.2, 0.25) is 5.91 Å². The molecule has 7 nitrogen and oxygen atoms in total. The minimum atomic E-state index is -0.700. The van der Waals surface area contributed by atoms with Crippen molar-refractivity contribution in [3.8, 4) is 11.5 Å². The number of nitrogens with zero attached hydrogens (tertiary/aromatic N) is 1. The van der Waals surface area contributed by atoms with Crippen LogP contribution in [0.4, 0.5) is 5.69 Å². The summed E-state index contributed by atoms with van der Waals surface area (Å²) in [5.41, 5.74) is 1.26. The molecule has 2 aliphatic rings. The number of benzene rings is 2. The van der Waals surface area contributed by atoms with E-state index in [9.17, 15) is 9.59 Å². The molecule has 0 spiro atoms. The van der Waals surface area contributed by atoms with E-state index in [0.29, 0.717) is 56.2 Å². The number of rotatable bonds is 4. The van der Waals surface area contributed by atoms with Crippen LogP contribution in [0.25, 0.3) is 0 Å². The Labute approximate surface area is 175 Å². The van der Waals surface area contributed by atoms with E-state index in [2.05, 4.69) is 5.32 Å². The smallest absolute Gasteiger partial charge is 0.257 e. The Morgan fingerprint density at radius 2 is 1.83 bits per heavy atom. The monoisotopic (exact) mass is 410 g/mol. The summed E-state index contributed by atoms with van der Waals surface area (Å²) >= 11 is 0. The number of methoxy groups -OCH3 is 1. The molecule has 2 aromatic rings. The first kappa shape index (κ1) is 20.2. The number of carbonyl (C=O) groups is 2. The van der Waals surface area contributed by atoms with Crippen LogP contribution < -0.4 is 14.8 Å². The molecular weight excluding hydrogens is 384 g/mol. The van der Waals surface area contributed by atoms with Crippen molar-refractivity contribution in [2.24, 2.45) is 0 Å². The van der Waals surface area contributed by atoms with E-state index >= 15 is 0 Å². The van der Waals surface area contributed by atoms with E-state index < -0.39 is 5.41 Å². The average Bonchev–Trinajstić information content (AvgIpc) is 2.92. The van der Waals surface area contributed by atoms with E-state index in [0.717, 1.165) is 11.3 Å². The number of hydrogen-bond acceptors (Lipinski definition) is 5. The fourth-order valence-electron chi connectivity index (χ4n) is 4.03. The SMILES string of the molecule is COc1ccc(C2(C(=O)Nc3ccc4c(c3)C(=O)N(C)CCO4)CCOCC2)cc1. The fraction of sp³-hybridized carbons (Fsp3) is 0.391. The van der Waals surface area contributed by atoms with E-state index in [1.807, 2.05) is 24.3 Å². The molecule has 1 saturated heterocycles. The van der Waals surface area contributed by atoms with Crippen molar-refractivity contribution < 1.29 is 23.8 Å². The topological polar surface area (TPSA) is 77.1 Å². The molecular formula is C23H26N2O5. The van der Waals surface area contributed by atoms with E-state index in [-0.39, 0.29) is 11.8 Å². The molecule has 2 amide bonds. The Balaban J connectivity index is 1.63. The summed E-state index contributed by atoms with van der Waals surface area (Å²) in [5.74, 6) is 1.06. The predicted molar refractivity (Wildman–Crippen MR) is 112 cm³/mol. The Kier molecular flexibility index (Phi) is 5.63. The molecule has 0 unspecified atom stereocenters. The highest BCUT2D eigenvalue weighted by molar-refractivity contribution is 6.02. The van der Waals surface area contributed by atoms with Gasteiger partial charge in [-0.15, -0.1) is 0 Å². The van der Waals surface area contributed by atoms with Gasteiger partial charge in [0, 0.05) is 25.9 Å². The fourth-order valence-corrected chi connectivity index (χ4v) is 4.03. The van der Waals surface area contributed by atoms with E-state index in [4.69, 9.17) is 14.2 Å². The maximum absolute atomic E-state index is 13.5. The van der Waals surface area contributed by atoms with Gasteiger partial charge in [-0.1, -0.05) is 12.1 Å². The summed E-state index contributed by atoms with van der Waals surface area (Å²) in [6.07, 6.45) is 1.17. The second kappa shape index (κ2) is 8.36. The summed E-state index contributed by atoms with van der Waals surface area (Å²) in [4.78, 5) is 27.7. The molecule has 0 bridgehead atoms. The van der Waals surface area contributed by atoms with Gasteiger partial charge in [0.1, 0.15) is 18.1 Å². The third-order valence-electron chi connectivity index (χ3n) is 5.92. The van der Waals surface area contributed by atoms with Crippen molar-refractivity contribution in [2.45, 2.75) is 18.3 Å². The Bertz CT molecular complexity index is 935. The zero-order valence-electron chi connectivity index (χ0n) is 17.3. The molecule has 0 aromatic heterocycles. The number of ether oxygens (including phenoxy) is 3. The van der Waals surface area contributed by atoms with Crippen molar-refractivity contribution in [2.75, 3.05) is 45.8 Å². The number of anilines is 1. The molecule has 158 valence electrons. The minimum Gasteiger partial charge on any atom is -0.497 e. The molecule has 0 atom stereocenters. The van der Waals surface area contributed by atoms with Crippen LogP contribution in [0.5, 0.6) is 11.5 Å².